The lowest BCUT2D eigenvalue weighted by molar-refractivity contribution is 0.551. The molecule has 0 heterocycles. The van der Waals surface area contributed by atoms with E-state index in [1.807, 2.05) is 0 Å². The molecule has 1 nitrogen and oxygen atoms in total. The number of rotatable bonds is 2. The van der Waals surface area contributed by atoms with E-state index < -0.39 is 11.6 Å². The van der Waals surface area contributed by atoms with Crippen LogP contribution >= 0.6 is 28.3 Å². The Morgan fingerprint density at radius 3 is 2.46 bits per heavy atom. The van der Waals surface area contributed by atoms with E-state index in [-0.39, 0.29) is 35.4 Å². The third kappa shape index (κ3) is 2.90. The Kier molecular flexibility index (Phi) is 5.44. The van der Waals surface area contributed by atoms with Gasteiger partial charge < -0.3 is 5.73 Å². The second-order valence-corrected chi connectivity index (χ2v) is 3.21. The molecule has 1 aromatic rings. The van der Waals surface area contributed by atoms with Crippen LogP contribution in [0.15, 0.2) is 16.6 Å². The fourth-order valence-corrected chi connectivity index (χ4v) is 1.31. The molecule has 0 unspecified atom stereocenters. The highest BCUT2D eigenvalue weighted by Gasteiger charge is 2.10. The van der Waals surface area contributed by atoms with Crippen molar-refractivity contribution in [3.63, 3.8) is 0 Å². The van der Waals surface area contributed by atoms with Crippen molar-refractivity contribution in [2.24, 2.45) is 5.73 Å². The summed E-state index contributed by atoms with van der Waals surface area (Å²) in [5.74, 6) is -1.10. The molecular weight excluding hydrogens is 263 g/mol. The van der Waals surface area contributed by atoms with Crippen LogP contribution in [0, 0.1) is 11.6 Å². The first-order valence-corrected chi connectivity index (χ1v) is 4.28. The minimum atomic E-state index is -0.555. The topological polar surface area (TPSA) is 26.0 Å². The summed E-state index contributed by atoms with van der Waals surface area (Å²) >= 11 is 2.97. The molecule has 0 bridgehead atoms. The van der Waals surface area contributed by atoms with Crippen molar-refractivity contribution in [1.29, 1.82) is 0 Å². The Bertz CT molecular complexity index is 294. The molecule has 0 saturated heterocycles. The Morgan fingerprint density at radius 1 is 1.31 bits per heavy atom. The van der Waals surface area contributed by atoms with Gasteiger partial charge in [0.1, 0.15) is 11.6 Å². The Morgan fingerprint density at radius 2 is 1.92 bits per heavy atom. The molecule has 2 N–H and O–H groups in total. The van der Waals surface area contributed by atoms with Crippen molar-refractivity contribution < 1.29 is 8.78 Å². The van der Waals surface area contributed by atoms with Crippen molar-refractivity contribution in [1.82, 2.24) is 0 Å². The summed E-state index contributed by atoms with van der Waals surface area (Å²) in [4.78, 5) is 0. The van der Waals surface area contributed by atoms with Gasteiger partial charge in [0.2, 0.25) is 0 Å². The fourth-order valence-electron chi connectivity index (χ4n) is 0.943. The maximum atomic E-state index is 13.1. The summed E-state index contributed by atoms with van der Waals surface area (Å²) in [6.07, 6.45) is 0.219. The summed E-state index contributed by atoms with van der Waals surface area (Å²) < 4.78 is 26.3. The predicted molar refractivity (Wildman–Crippen MR) is 54.1 cm³/mol. The lowest BCUT2D eigenvalue weighted by Gasteiger charge is -2.03. The van der Waals surface area contributed by atoms with E-state index in [1.54, 1.807) is 0 Å². The second kappa shape index (κ2) is 5.52. The Hall–Kier alpha value is -0.190. The van der Waals surface area contributed by atoms with Gasteiger partial charge >= 0.3 is 0 Å². The number of hydrogen-bond donors (Lipinski definition) is 1. The van der Waals surface area contributed by atoms with Crippen molar-refractivity contribution in [3.05, 3.63) is 33.8 Å². The summed E-state index contributed by atoms with van der Waals surface area (Å²) in [6.45, 7) is 0.240. The van der Waals surface area contributed by atoms with E-state index >= 15 is 0 Å². The van der Waals surface area contributed by atoms with E-state index in [0.29, 0.717) is 0 Å². The van der Waals surface area contributed by atoms with Crippen molar-refractivity contribution in [2.75, 3.05) is 6.54 Å². The van der Waals surface area contributed by atoms with Gasteiger partial charge in [0, 0.05) is 5.56 Å². The second-order valence-electron chi connectivity index (χ2n) is 2.36. The van der Waals surface area contributed by atoms with E-state index in [2.05, 4.69) is 15.9 Å². The van der Waals surface area contributed by atoms with Gasteiger partial charge in [-0.1, -0.05) is 0 Å². The molecule has 74 valence electrons. The standard InChI is InChI=1S/C8H8BrF2N.ClH/c9-6-1-2-7(10)5(3-4-12)8(6)11;/h1-2H,3-4,12H2;1H. The molecule has 0 aromatic heterocycles. The van der Waals surface area contributed by atoms with Crippen LogP contribution in [0.4, 0.5) is 8.78 Å². The number of benzene rings is 1. The highest BCUT2D eigenvalue weighted by atomic mass is 79.9. The molecule has 0 aliphatic carbocycles. The number of nitrogens with two attached hydrogens (primary N) is 1. The SMILES string of the molecule is Cl.NCCc1c(F)ccc(Br)c1F. The van der Waals surface area contributed by atoms with Gasteiger partial charge in [0.15, 0.2) is 0 Å². The van der Waals surface area contributed by atoms with Crippen molar-refractivity contribution in [3.8, 4) is 0 Å². The van der Waals surface area contributed by atoms with Crippen molar-refractivity contribution >= 4 is 28.3 Å². The van der Waals surface area contributed by atoms with Crippen LogP contribution in [0.25, 0.3) is 0 Å². The molecule has 13 heavy (non-hydrogen) atoms. The van der Waals surface area contributed by atoms with Gasteiger partial charge in [-0.15, -0.1) is 12.4 Å². The molecule has 0 saturated carbocycles. The third-order valence-corrected chi connectivity index (χ3v) is 2.15. The minimum absolute atomic E-state index is 0. The molecule has 1 aromatic carbocycles. The molecule has 0 amide bonds. The molecule has 0 radical (unpaired) electrons. The van der Waals surface area contributed by atoms with Crippen LogP contribution in [-0.4, -0.2) is 6.54 Å². The van der Waals surface area contributed by atoms with E-state index in [9.17, 15) is 8.78 Å². The lowest BCUT2D eigenvalue weighted by Crippen LogP contribution is -2.06. The normalized spacial score (nSPS) is 9.54. The van der Waals surface area contributed by atoms with Gasteiger partial charge in [0.25, 0.3) is 0 Å². The van der Waals surface area contributed by atoms with Gasteiger partial charge in [-0.05, 0) is 41.0 Å². The summed E-state index contributed by atoms with van der Waals surface area (Å²) in [5.41, 5.74) is 5.25. The Labute approximate surface area is 89.9 Å². The highest BCUT2D eigenvalue weighted by Crippen LogP contribution is 2.21. The van der Waals surface area contributed by atoms with E-state index in [0.717, 1.165) is 0 Å². The summed E-state index contributed by atoms with van der Waals surface area (Å²) in [7, 11) is 0. The summed E-state index contributed by atoms with van der Waals surface area (Å²) in [5, 5.41) is 0. The van der Waals surface area contributed by atoms with Crippen LogP contribution in [0.3, 0.4) is 0 Å². The maximum Gasteiger partial charge on any atom is 0.143 e. The zero-order valence-electron chi connectivity index (χ0n) is 6.69. The quantitative estimate of drug-likeness (QED) is 0.823. The minimum Gasteiger partial charge on any atom is -0.330 e. The average molecular weight is 273 g/mol. The molecule has 0 aliphatic heterocycles. The van der Waals surface area contributed by atoms with Gasteiger partial charge in [-0.25, -0.2) is 8.78 Å². The van der Waals surface area contributed by atoms with E-state index in [4.69, 9.17) is 5.73 Å². The zero-order valence-corrected chi connectivity index (χ0v) is 9.09. The Balaban J connectivity index is 0.00000144. The molecule has 1 rings (SSSR count). The zero-order chi connectivity index (χ0) is 9.14. The van der Waals surface area contributed by atoms with Gasteiger partial charge in [0.05, 0.1) is 4.47 Å². The number of hydrogen-bond acceptors (Lipinski definition) is 1. The molecule has 0 fully saturated rings. The first-order chi connectivity index (χ1) is 5.66. The monoisotopic (exact) mass is 271 g/mol. The van der Waals surface area contributed by atoms with Crippen LogP contribution in [0.5, 0.6) is 0 Å². The largest absolute Gasteiger partial charge is 0.330 e. The van der Waals surface area contributed by atoms with Crippen LogP contribution in [0.1, 0.15) is 5.56 Å². The first-order valence-electron chi connectivity index (χ1n) is 3.49. The molecule has 0 spiro atoms. The van der Waals surface area contributed by atoms with Crippen LogP contribution in [0.2, 0.25) is 0 Å². The van der Waals surface area contributed by atoms with Crippen molar-refractivity contribution in [2.45, 2.75) is 6.42 Å². The third-order valence-electron chi connectivity index (χ3n) is 1.53. The lowest BCUT2D eigenvalue weighted by atomic mass is 10.1. The average Bonchev–Trinajstić information content (AvgIpc) is 2.06. The highest BCUT2D eigenvalue weighted by molar-refractivity contribution is 9.10. The molecule has 5 heteroatoms. The maximum absolute atomic E-state index is 13.1. The smallest absolute Gasteiger partial charge is 0.143 e. The van der Waals surface area contributed by atoms with Crippen LogP contribution < -0.4 is 5.73 Å². The molecule has 0 aliphatic rings. The summed E-state index contributed by atoms with van der Waals surface area (Å²) in [6, 6.07) is 2.56. The number of halogens is 4. The van der Waals surface area contributed by atoms with E-state index in [1.165, 1.54) is 12.1 Å². The van der Waals surface area contributed by atoms with Gasteiger partial charge in [-0.2, -0.15) is 0 Å². The van der Waals surface area contributed by atoms with Crippen LogP contribution in [-0.2, 0) is 6.42 Å². The first kappa shape index (κ1) is 12.8. The van der Waals surface area contributed by atoms with Gasteiger partial charge in [-0.3, -0.25) is 0 Å². The predicted octanol–water partition coefficient (Wildman–Crippen LogP) is 2.65. The molecule has 0 atom stereocenters. The fraction of sp³-hybridized carbons (Fsp3) is 0.250. The molecular formula is C8H9BrClF2N.